The minimum atomic E-state index is -0.247. The summed E-state index contributed by atoms with van der Waals surface area (Å²) in [5.74, 6) is 0.876. The summed E-state index contributed by atoms with van der Waals surface area (Å²) in [5.41, 5.74) is 1.80. The number of rotatable bonds is 5. The molecular weight excluding hydrogens is 280 g/mol. The number of aromatic nitrogens is 3. The number of benzene rings is 1. The van der Waals surface area contributed by atoms with Crippen LogP contribution >= 0.6 is 0 Å². The highest BCUT2D eigenvalue weighted by atomic mass is 16.3. The third-order valence-electron chi connectivity index (χ3n) is 3.26. The van der Waals surface area contributed by atoms with Crippen LogP contribution in [0.5, 0.6) is 0 Å². The first-order valence-corrected chi connectivity index (χ1v) is 7.06. The van der Waals surface area contributed by atoms with Gasteiger partial charge in [-0.25, -0.2) is 9.67 Å². The summed E-state index contributed by atoms with van der Waals surface area (Å²) in [6.07, 6.45) is 3.94. The monoisotopic (exact) mass is 296 g/mol. The lowest BCUT2D eigenvalue weighted by molar-refractivity contribution is 0.0995. The van der Waals surface area contributed by atoms with E-state index in [1.54, 1.807) is 17.1 Å². The Bertz CT molecular complexity index is 745. The van der Waals surface area contributed by atoms with Crippen molar-refractivity contribution in [2.24, 2.45) is 0 Å². The van der Waals surface area contributed by atoms with Gasteiger partial charge < -0.3 is 9.73 Å². The lowest BCUT2D eigenvalue weighted by Crippen LogP contribution is -2.11. The van der Waals surface area contributed by atoms with Crippen molar-refractivity contribution in [1.82, 2.24) is 14.8 Å². The van der Waals surface area contributed by atoms with Crippen LogP contribution in [0, 0.1) is 0 Å². The van der Waals surface area contributed by atoms with Crippen molar-refractivity contribution < 1.29 is 9.21 Å². The van der Waals surface area contributed by atoms with Crippen LogP contribution in [-0.4, -0.2) is 20.7 Å². The molecular formula is C16H16N4O2. The molecule has 0 bridgehead atoms. The number of hydrogen-bond acceptors (Lipinski definition) is 4. The van der Waals surface area contributed by atoms with E-state index in [2.05, 4.69) is 15.4 Å². The van der Waals surface area contributed by atoms with Gasteiger partial charge in [-0.3, -0.25) is 4.79 Å². The Labute approximate surface area is 127 Å². The molecule has 0 spiro atoms. The Morgan fingerprint density at radius 2 is 2.05 bits per heavy atom. The van der Waals surface area contributed by atoms with Gasteiger partial charge in [0.1, 0.15) is 18.4 Å². The largest absolute Gasteiger partial charge is 0.456 e. The number of carbonyl (C=O) groups is 1. The van der Waals surface area contributed by atoms with Gasteiger partial charge in [-0.1, -0.05) is 19.1 Å². The highest BCUT2D eigenvalue weighted by Gasteiger charge is 2.10. The van der Waals surface area contributed by atoms with Gasteiger partial charge in [0.05, 0.1) is 6.54 Å². The molecule has 0 fully saturated rings. The van der Waals surface area contributed by atoms with E-state index in [-0.39, 0.29) is 5.91 Å². The van der Waals surface area contributed by atoms with Gasteiger partial charge in [-0.2, -0.15) is 5.10 Å². The van der Waals surface area contributed by atoms with Crippen LogP contribution in [0.25, 0.3) is 0 Å². The fourth-order valence-electron chi connectivity index (χ4n) is 2.08. The van der Waals surface area contributed by atoms with Crippen LogP contribution in [-0.2, 0) is 13.0 Å². The number of furan rings is 1. The first kappa shape index (κ1) is 14.1. The van der Waals surface area contributed by atoms with Crippen LogP contribution in [0.3, 0.4) is 0 Å². The van der Waals surface area contributed by atoms with E-state index < -0.39 is 0 Å². The second kappa shape index (κ2) is 6.26. The predicted molar refractivity (Wildman–Crippen MR) is 81.6 cm³/mol. The fraction of sp³-hybridized carbons (Fsp3) is 0.188. The van der Waals surface area contributed by atoms with Gasteiger partial charge in [0, 0.05) is 12.1 Å². The average molecular weight is 296 g/mol. The van der Waals surface area contributed by atoms with Crippen molar-refractivity contribution in [2.75, 3.05) is 5.32 Å². The molecule has 6 nitrogen and oxygen atoms in total. The fourth-order valence-corrected chi connectivity index (χ4v) is 2.08. The third kappa shape index (κ3) is 3.22. The summed E-state index contributed by atoms with van der Waals surface area (Å²) < 4.78 is 7.17. The first-order valence-electron chi connectivity index (χ1n) is 7.06. The zero-order chi connectivity index (χ0) is 15.4. The van der Waals surface area contributed by atoms with E-state index >= 15 is 0 Å². The molecule has 6 heteroatoms. The summed E-state index contributed by atoms with van der Waals surface area (Å²) in [4.78, 5) is 16.0. The third-order valence-corrected chi connectivity index (χ3v) is 3.26. The summed E-state index contributed by atoms with van der Waals surface area (Å²) in [6, 6.07) is 11.1. The van der Waals surface area contributed by atoms with E-state index in [1.807, 2.05) is 37.3 Å². The van der Waals surface area contributed by atoms with Gasteiger partial charge >= 0.3 is 0 Å². The van der Waals surface area contributed by atoms with Gasteiger partial charge in [0.15, 0.2) is 5.76 Å². The lowest BCUT2D eigenvalue weighted by Gasteiger charge is -2.05. The van der Waals surface area contributed by atoms with E-state index in [1.165, 1.54) is 6.33 Å². The summed E-state index contributed by atoms with van der Waals surface area (Å²) in [5, 5.41) is 6.87. The second-order valence-corrected chi connectivity index (χ2v) is 4.86. The van der Waals surface area contributed by atoms with Crippen LogP contribution in [0.1, 0.15) is 28.8 Å². The molecule has 0 aliphatic heterocycles. The Balaban J connectivity index is 1.64. The second-order valence-electron chi connectivity index (χ2n) is 4.86. The average Bonchev–Trinajstić information content (AvgIpc) is 3.20. The van der Waals surface area contributed by atoms with E-state index in [0.717, 1.165) is 23.4 Å². The van der Waals surface area contributed by atoms with Crippen molar-refractivity contribution >= 4 is 11.6 Å². The minimum absolute atomic E-state index is 0.247. The molecule has 1 amide bonds. The topological polar surface area (TPSA) is 73.0 Å². The minimum Gasteiger partial charge on any atom is -0.456 e. The van der Waals surface area contributed by atoms with Gasteiger partial charge in [-0.15, -0.1) is 0 Å². The normalized spacial score (nSPS) is 10.6. The van der Waals surface area contributed by atoms with Crippen LogP contribution < -0.4 is 5.32 Å². The van der Waals surface area contributed by atoms with E-state index in [9.17, 15) is 4.79 Å². The van der Waals surface area contributed by atoms with Gasteiger partial charge in [-0.05, 0) is 29.8 Å². The number of amides is 1. The Morgan fingerprint density at radius 3 is 2.68 bits per heavy atom. The lowest BCUT2D eigenvalue weighted by atomic mass is 10.2. The molecule has 0 unspecified atom stereocenters. The molecule has 0 saturated carbocycles. The van der Waals surface area contributed by atoms with Crippen LogP contribution in [0.15, 0.2) is 53.5 Å². The SMILES string of the molecule is CCc1ccc(C(=O)Nc2ccc(Cn3cncn3)cc2)o1. The molecule has 3 aromatic rings. The number of nitrogens with zero attached hydrogens (tertiary/aromatic N) is 3. The molecule has 112 valence electrons. The van der Waals surface area contributed by atoms with Gasteiger partial charge in [0.25, 0.3) is 5.91 Å². The maximum atomic E-state index is 12.1. The number of hydrogen-bond donors (Lipinski definition) is 1. The molecule has 1 N–H and O–H groups in total. The van der Waals surface area contributed by atoms with Crippen LogP contribution in [0.2, 0.25) is 0 Å². The Kier molecular flexibility index (Phi) is 4.00. The first-order chi connectivity index (χ1) is 10.7. The van der Waals surface area contributed by atoms with E-state index in [4.69, 9.17) is 4.42 Å². The zero-order valence-electron chi connectivity index (χ0n) is 12.2. The van der Waals surface area contributed by atoms with Crippen molar-refractivity contribution in [3.05, 3.63) is 66.1 Å². The zero-order valence-corrected chi connectivity index (χ0v) is 12.2. The molecule has 3 rings (SSSR count). The summed E-state index contributed by atoms with van der Waals surface area (Å²) in [7, 11) is 0. The molecule has 1 aromatic carbocycles. The smallest absolute Gasteiger partial charge is 0.291 e. The summed E-state index contributed by atoms with van der Waals surface area (Å²) >= 11 is 0. The van der Waals surface area contributed by atoms with Gasteiger partial charge in [0.2, 0.25) is 0 Å². The molecule has 0 radical (unpaired) electrons. The molecule has 0 saturated heterocycles. The molecule has 2 aromatic heterocycles. The Hall–Kier alpha value is -2.89. The quantitative estimate of drug-likeness (QED) is 0.785. The number of aryl methyl sites for hydroxylation is 1. The molecule has 0 atom stereocenters. The highest BCUT2D eigenvalue weighted by molar-refractivity contribution is 6.02. The number of anilines is 1. The molecule has 2 heterocycles. The summed E-state index contributed by atoms with van der Waals surface area (Å²) in [6.45, 7) is 2.63. The number of carbonyl (C=O) groups excluding carboxylic acids is 1. The molecule has 0 aliphatic carbocycles. The Morgan fingerprint density at radius 1 is 1.23 bits per heavy atom. The maximum Gasteiger partial charge on any atom is 0.291 e. The highest BCUT2D eigenvalue weighted by Crippen LogP contribution is 2.14. The molecule has 0 aliphatic rings. The van der Waals surface area contributed by atoms with Crippen molar-refractivity contribution in [3.63, 3.8) is 0 Å². The molecule has 22 heavy (non-hydrogen) atoms. The standard InChI is InChI=1S/C16H16N4O2/c1-2-14-7-8-15(22-14)16(21)19-13-5-3-12(4-6-13)9-20-11-17-10-18-20/h3-8,10-11H,2,9H2,1H3,(H,19,21). The number of nitrogens with one attached hydrogen (secondary N) is 1. The van der Waals surface area contributed by atoms with E-state index in [0.29, 0.717) is 12.3 Å². The van der Waals surface area contributed by atoms with Crippen molar-refractivity contribution in [2.45, 2.75) is 19.9 Å². The maximum absolute atomic E-state index is 12.1. The van der Waals surface area contributed by atoms with Crippen molar-refractivity contribution in [3.8, 4) is 0 Å². The van der Waals surface area contributed by atoms with Crippen molar-refractivity contribution in [1.29, 1.82) is 0 Å². The predicted octanol–water partition coefficient (Wildman–Crippen LogP) is 2.73. The van der Waals surface area contributed by atoms with Crippen LogP contribution in [0.4, 0.5) is 5.69 Å².